The minimum atomic E-state index is -1.27. The van der Waals surface area contributed by atoms with E-state index in [9.17, 15) is 29.1 Å². The molecule has 3 unspecified atom stereocenters. The number of urea groups is 2. The van der Waals surface area contributed by atoms with Crippen LogP contribution in [0.15, 0.2) is 97.2 Å². The maximum absolute atomic E-state index is 14.6. The highest BCUT2D eigenvalue weighted by molar-refractivity contribution is 5.92. The fraction of sp³-hybridized carbons (Fsp3) is 0.426. The van der Waals surface area contributed by atoms with Crippen LogP contribution in [-0.4, -0.2) is 116 Å². The monoisotopic (exact) mass is 848 g/mol. The Labute approximate surface area is 364 Å². The Morgan fingerprint density at radius 2 is 1.56 bits per heavy atom. The Hall–Kier alpha value is -6.19. The molecule has 0 bridgehead atoms. The number of nitrogens with zero attached hydrogens (tertiary/aromatic N) is 6. The van der Waals surface area contributed by atoms with Crippen LogP contribution in [-0.2, 0) is 29.0 Å². The van der Waals surface area contributed by atoms with Crippen molar-refractivity contribution in [2.24, 2.45) is 10.8 Å². The SMILES string of the molecule is COC(=O)N(CC(C)(C)C)C(=O)NN(Cc1ccc(-c2ccccn2)cc1)CC(O)C(Cc1ccccc1)NC(=O)C(N1CCN(Cc2cccc(C(C)=O)n2)C1=O)C(C)(C)C. The van der Waals surface area contributed by atoms with Crippen LogP contribution >= 0.6 is 0 Å². The number of rotatable bonds is 16. The lowest BCUT2D eigenvalue weighted by molar-refractivity contribution is -0.130. The van der Waals surface area contributed by atoms with Gasteiger partial charge in [-0.15, -0.1) is 0 Å². The van der Waals surface area contributed by atoms with Gasteiger partial charge in [-0.3, -0.25) is 20.0 Å². The van der Waals surface area contributed by atoms with Gasteiger partial charge in [-0.1, -0.05) is 108 Å². The van der Waals surface area contributed by atoms with Gasteiger partial charge in [0.05, 0.1) is 37.2 Å². The number of hydrazine groups is 1. The predicted octanol–water partition coefficient (Wildman–Crippen LogP) is 6.33. The first-order valence-electron chi connectivity index (χ1n) is 20.8. The van der Waals surface area contributed by atoms with Gasteiger partial charge < -0.3 is 25.0 Å². The number of carbonyl (C=O) groups is 5. The summed E-state index contributed by atoms with van der Waals surface area (Å²) in [7, 11) is 1.20. The predicted molar refractivity (Wildman–Crippen MR) is 235 cm³/mol. The number of hydrogen-bond donors (Lipinski definition) is 3. The molecule has 2 aromatic heterocycles. The number of aliphatic hydroxyl groups is 1. The number of aliphatic hydroxyl groups excluding tert-OH is 1. The minimum absolute atomic E-state index is 0.0511. The van der Waals surface area contributed by atoms with Crippen LogP contribution in [0.5, 0.6) is 0 Å². The van der Waals surface area contributed by atoms with Crippen LogP contribution in [0.4, 0.5) is 14.4 Å². The van der Waals surface area contributed by atoms with Crippen LogP contribution < -0.4 is 10.7 Å². The van der Waals surface area contributed by atoms with E-state index in [4.69, 9.17) is 4.74 Å². The lowest BCUT2D eigenvalue weighted by Crippen LogP contribution is -2.60. The highest BCUT2D eigenvalue weighted by atomic mass is 16.5. The first-order chi connectivity index (χ1) is 29.3. The molecule has 1 saturated heterocycles. The Balaban J connectivity index is 1.41. The van der Waals surface area contributed by atoms with Gasteiger partial charge in [-0.25, -0.2) is 29.3 Å². The van der Waals surface area contributed by atoms with E-state index in [0.29, 0.717) is 17.9 Å². The Kier molecular flexibility index (Phi) is 15.6. The van der Waals surface area contributed by atoms with Gasteiger partial charge >= 0.3 is 18.2 Å². The standard InChI is InChI=1S/C47H60N8O7/c1-32(56)37-19-14-17-36(49-37)29-52-25-26-54(44(52)60)41(47(5,6)7)42(58)50-39(27-33-15-10-9-11-16-33)40(57)30-53(51-43(59)55(45(61)62-8)31-46(2,3)4)28-34-20-22-35(23-21-34)38-18-12-13-24-48-38/h9-24,39-41,57H,25-31H2,1-8H3,(H,50,58)(H,51,59). The second kappa shape index (κ2) is 20.6. The average molecular weight is 849 g/mol. The molecule has 0 saturated carbocycles. The van der Waals surface area contributed by atoms with Gasteiger partial charge in [-0.05, 0) is 52.6 Å². The third kappa shape index (κ3) is 12.9. The molecule has 62 heavy (non-hydrogen) atoms. The van der Waals surface area contributed by atoms with Crippen LogP contribution in [0.25, 0.3) is 11.3 Å². The molecule has 6 amide bonds. The summed E-state index contributed by atoms with van der Waals surface area (Å²) in [5.41, 5.74) is 5.84. The zero-order valence-corrected chi connectivity index (χ0v) is 37.0. The van der Waals surface area contributed by atoms with Gasteiger partial charge in [0.2, 0.25) is 5.91 Å². The van der Waals surface area contributed by atoms with Crippen LogP contribution in [0.1, 0.15) is 75.8 Å². The molecular weight excluding hydrogens is 789 g/mol. The van der Waals surface area contributed by atoms with E-state index < -0.39 is 47.0 Å². The number of nitrogens with one attached hydrogen (secondary N) is 2. The zero-order chi connectivity index (χ0) is 45.2. The number of ether oxygens (including phenoxy) is 1. The van der Waals surface area contributed by atoms with Crippen molar-refractivity contribution >= 4 is 29.8 Å². The van der Waals surface area contributed by atoms with E-state index in [2.05, 4.69) is 20.7 Å². The Morgan fingerprint density at radius 1 is 0.871 bits per heavy atom. The molecule has 4 aromatic rings. The average Bonchev–Trinajstić information content (AvgIpc) is 3.57. The van der Waals surface area contributed by atoms with Gasteiger partial charge in [0.15, 0.2) is 5.78 Å². The third-order valence-electron chi connectivity index (χ3n) is 10.3. The van der Waals surface area contributed by atoms with Gasteiger partial charge in [0, 0.05) is 51.4 Å². The zero-order valence-electron chi connectivity index (χ0n) is 37.0. The lowest BCUT2D eigenvalue weighted by Gasteiger charge is -2.38. The quantitative estimate of drug-likeness (QED) is 0.0854. The molecule has 15 heteroatoms. The molecule has 15 nitrogen and oxygen atoms in total. The molecule has 3 atom stereocenters. The first-order valence-corrected chi connectivity index (χ1v) is 20.8. The van der Waals surface area contributed by atoms with Gasteiger partial charge in [-0.2, -0.15) is 0 Å². The summed E-state index contributed by atoms with van der Waals surface area (Å²) >= 11 is 0. The van der Waals surface area contributed by atoms with Crippen molar-refractivity contribution in [2.45, 2.75) is 86.2 Å². The number of pyridine rings is 2. The van der Waals surface area contributed by atoms with Crippen LogP contribution in [0.2, 0.25) is 0 Å². The summed E-state index contributed by atoms with van der Waals surface area (Å²) in [4.78, 5) is 80.4. The molecule has 0 aliphatic carbocycles. The summed E-state index contributed by atoms with van der Waals surface area (Å²) in [5, 5.41) is 16.8. The number of carbonyl (C=O) groups excluding carboxylic acids is 5. The molecule has 3 heterocycles. The summed E-state index contributed by atoms with van der Waals surface area (Å²) in [5.74, 6) is -0.630. The van der Waals surface area contributed by atoms with Crippen molar-refractivity contribution in [3.8, 4) is 11.3 Å². The highest BCUT2D eigenvalue weighted by Gasteiger charge is 2.44. The Bertz CT molecular complexity index is 2160. The van der Waals surface area contributed by atoms with E-state index in [-0.39, 0.29) is 51.0 Å². The van der Waals surface area contributed by atoms with E-state index in [0.717, 1.165) is 27.3 Å². The second-order valence-corrected chi connectivity index (χ2v) is 17.9. The second-order valence-electron chi connectivity index (χ2n) is 17.9. The molecule has 3 N–H and O–H groups in total. The molecule has 0 radical (unpaired) electrons. The topological polar surface area (TPSA) is 178 Å². The van der Waals surface area contributed by atoms with Crippen molar-refractivity contribution in [3.63, 3.8) is 0 Å². The molecule has 1 aliphatic heterocycles. The Morgan fingerprint density at radius 3 is 2.18 bits per heavy atom. The maximum atomic E-state index is 14.6. The van der Waals surface area contributed by atoms with Crippen LogP contribution in [0, 0.1) is 10.8 Å². The first kappa shape index (κ1) is 46.9. The fourth-order valence-electron chi connectivity index (χ4n) is 7.40. The van der Waals surface area contributed by atoms with Crippen molar-refractivity contribution in [1.29, 1.82) is 0 Å². The molecular formula is C47H60N8O7. The lowest BCUT2D eigenvalue weighted by atomic mass is 9.84. The number of hydrogen-bond acceptors (Lipinski definition) is 10. The van der Waals surface area contributed by atoms with Crippen molar-refractivity contribution in [2.75, 3.05) is 33.3 Å². The number of amides is 6. The number of methoxy groups -OCH3 is 1. The van der Waals surface area contributed by atoms with Crippen molar-refractivity contribution in [3.05, 3.63) is 120 Å². The molecule has 1 fully saturated rings. The number of imide groups is 1. The normalized spacial score (nSPS) is 14.6. The minimum Gasteiger partial charge on any atom is -0.452 e. The van der Waals surface area contributed by atoms with E-state index in [1.54, 1.807) is 34.2 Å². The van der Waals surface area contributed by atoms with Gasteiger partial charge in [0.25, 0.3) is 0 Å². The number of ketones is 1. The molecule has 330 valence electrons. The molecule has 5 rings (SSSR count). The van der Waals surface area contributed by atoms with E-state index in [1.165, 1.54) is 19.0 Å². The largest absolute Gasteiger partial charge is 0.452 e. The van der Waals surface area contributed by atoms with Crippen LogP contribution in [0.3, 0.4) is 0 Å². The number of aromatic nitrogens is 2. The molecule has 2 aromatic carbocycles. The van der Waals surface area contributed by atoms with Gasteiger partial charge in [0.1, 0.15) is 11.7 Å². The highest BCUT2D eigenvalue weighted by Crippen LogP contribution is 2.29. The summed E-state index contributed by atoms with van der Waals surface area (Å²) in [6, 6.07) is 24.9. The van der Waals surface area contributed by atoms with Crippen molar-refractivity contribution < 1.29 is 33.8 Å². The van der Waals surface area contributed by atoms with Crippen molar-refractivity contribution in [1.82, 2.24) is 40.4 Å². The number of benzene rings is 2. The molecule has 0 spiro atoms. The third-order valence-corrected chi connectivity index (χ3v) is 10.3. The summed E-state index contributed by atoms with van der Waals surface area (Å²) in [6.45, 7) is 13.5. The number of Topliss-reactive ketones (excluding diaryl/α,β-unsaturated/α-hetero) is 1. The fourth-order valence-corrected chi connectivity index (χ4v) is 7.40. The van der Waals surface area contributed by atoms with E-state index in [1.807, 2.05) is 114 Å². The smallest absolute Gasteiger partial charge is 0.417 e. The van der Waals surface area contributed by atoms with E-state index >= 15 is 0 Å². The summed E-state index contributed by atoms with van der Waals surface area (Å²) < 4.78 is 4.97. The summed E-state index contributed by atoms with van der Waals surface area (Å²) in [6.07, 6.45) is -0.167. The maximum Gasteiger partial charge on any atom is 0.417 e. The molecule has 1 aliphatic rings.